The topological polar surface area (TPSA) is 138 Å². The molecule has 0 atom stereocenters. The molecule has 0 saturated heterocycles. The molecule has 2 aliphatic carbocycles. The number of rotatable bonds is 10. The highest BCUT2D eigenvalue weighted by Crippen LogP contribution is 2.46. The molecule has 5 aromatic rings. The van der Waals surface area contributed by atoms with Gasteiger partial charge in [-0.1, -0.05) is 62.4 Å². The van der Waals surface area contributed by atoms with Gasteiger partial charge in [0.1, 0.15) is 11.2 Å². The van der Waals surface area contributed by atoms with Gasteiger partial charge in [0.05, 0.1) is 12.2 Å². The van der Waals surface area contributed by atoms with E-state index < -0.39 is 11.5 Å². The summed E-state index contributed by atoms with van der Waals surface area (Å²) in [4.78, 5) is 55.9. The summed E-state index contributed by atoms with van der Waals surface area (Å²) in [5, 5.41) is 20.7. The van der Waals surface area contributed by atoms with Gasteiger partial charge in [0.2, 0.25) is 11.8 Å². The number of anilines is 1. The molecule has 11 heteroatoms. The van der Waals surface area contributed by atoms with Crippen LogP contribution in [0.1, 0.15) is 95.7 Å². The van der Waals surface area contributed by atoms with Gasteiger partial charge in [-0.3, -0.25) is 14.4 Å². The second-order valence-corrected chi connectivity index (χ2v) is 16.1. The molecule has 0 spiro atoms. The van der Waals surface area contributed by atoms with Crippen LogP contribution in [-0.4, -0.2) is 75.6 Å². The molecule has 1 aliphatic heterocycles. The van der Waals surface area contributed by atoms with Crippen LogP contribution >= 0.6 is 0 Å². The summed E-state index contributed by atoms with van der Waals surface area (Å²) in [6.45, 7) is 1.62. The molecule has 3 amide bonds. The van der Waals surface area contributed by atoms with Crippen molar-refractivity contribution in [3.8, 4) is 11.3 Å². The molecule has 290 valence electrons. The van der Waals surface area contributed by atoms with Gasteiger partial charge in [-0.05, 0) is 99.3 Å². The third kappa shape index (κ3) is 6.89. The van der Waals surface area contributed by atoms with Crippen molar-refractivity contribution in [3.63, 3.8) is 0 Å². The minimum absolute atomic E-state index is 0.104. The van der Waals surface area contributed by atoms with E-state index in [1.165, 1.54) is 24.8 Å². The molecule has 0 radical (unpaired) electrons. The van der Waals surface area contributed by atoms with Crippen molar-refractivity contribution in [2.24, 2.45) is 7.05 Å². The minimum Gasteiger partial charge on any atom is -0.477 e. The van der Waals surface area contributed by atoms with E-state index in [4.69, 9.17) is 0 Å². The van der Waals surface area contributed by atoms with E-state index in [0.29, 0.717) is 54.1 Å². The van der Waals surface area contributed by atoms with E-state index in [-0.39, 0.29) is 23.4 Å². The lowest BCUT2D eigenvalue weighted by molar-refractivity contribution is -0.122. The molecule has 3 heterocycles. The number of aryl methyl sites for hydroxylation is 1. The molecule has 2 fully saturated rings. The van der Waals surface area contributed by atoms with Crippen molar-refractivity contribution in [3.05, 3.63) is 94.7 Å². The zero-order chi connectivity index (χ0) is 39.1. The molecular weight excluding hydrogens is 705 g/mol. The Bertz CT molecular complexity index is 2410. The summed E-state index contributed by atoms with van der Waals surface area (Å²) in [7, 11) is 5.67. The first-order valence-electron chi connectivity index (χ1n) is 19.9. The minimum atomic E-state index is -1.10. The van der Waals surface area contributed by atoms with Crippen molar-refractivity contribution in [1.82, 2.24) is 24.7 Å². The van der Waals surface area contributed by atoms with Gasteiger partial charge < -0.3 is 35.1 Å². The van der Waals surface area contributed by atoms with Crippen LogP contribution in [0.15, 0.2) is 72.3 Å². The molecule has 11 nitrogen and oxygen atoms in total. The average molecular weight is 755 g/mol. The second kappa shape index (κ2) is 15.1. The predicted molar refractivity (Wildman–Crippen MR) is 220 cm³/mol. The van der Waals surface area contributed by atoms with Gasteiger partial charge in [-0.25, -0.2) is 4.79 Å². The lowest BCUT2D eigenvalue weighted by Gasteiger charge is -2.29. The number of amides is 3. The maximum atomic E-state index is 14.3. The van der Waals surface area contributed by atoms with Crippen molar-refractivity contribution in [2.75, 3.05) is 32.5 Å². The highest BCUT2D eigenvalue weighted by Gasteiger charge is 2.43. The zero-order valence-electron chi connectivity index (χ0n) is 32.4. The summed E-state index contributed by atoms with van der Waals surface area (Å²) in [6, 6.07) is 21.1. The molecule has 56 heavy (non-hydrogen) atoms. The number of carbonyl (C=O) groups is 4. The van der Waals surface area contributed by atoms with Gasteiger partial charge in [0.15, 0.2) is 0 Å². The summed E-state index contributed by atoms with van der Waals surface area (Å²) in [6.07, 6.45) is 10.4. The second-order valence-electron chi connectivity index (χ2n) is 16.1. The number of nitrogens with one attached hydrogen (secondary N) is 3. The number of carboxylic acids is 1. The van der Waals surface area contributed by atoms with Crippen molar-refractivity contribution < 1.29 is 24.3 Å². The molecule has 4 N–H and O–H groups in total. The van der Waals surface area contributed by atoms with Crippen LogP contribution in [0.25, 0.3) is 39.1 Å². The quantitative estimate of drug-likeness (QED) is 0.118. The number of hydrogen-bond donors (Lipinski definition) is 4. The van der Waals surface area contributed by atoms with Crippen LogP contribution in [0.3, 0.4) is 0 Å². The van der Waals surface area contributed by atoms with Crippen LogP contribution in [0.5, 0.6) is 0 Å². The number of hydrogen-bond acceptors (Lipinski definition) is 5. The molecule has 3 aliphatic rings. The summed E-state index contributed by atoms with van der Waals surface area (Å²) in [5.74, 6) is -1.38. The Morgan fingerprint density at radius 3 is 2.39 bits per heavy atom. The Morgan fingerprint density at radius 2 is 1.64 bits per heavy atom. The van der Waals surface area contributed by atoms with Crippen LogP contribution in [0.2, 0.25) is 0 Å². The smallest absolute Gasteiger partial charge is 0.352 e. The zero-order valence-corrected chi connectivity index (χ0v) is 32.4. The monoisotopic (exact) mass is 754 g/mol. The fourth-order valence-corrected chi connectivity index (χ4v) is 9.22. The fraction of sp³-hybridized carbons (Fsp3) is 0.378. The summed E-state index contributed by atoms with van der Waals surface area (Å²) < 4.78 is 3.85. The molecule has 3 aromatic carbocycles. The van der Waals surface area contributed by atoms with Gasteiger partial charge in [-0.2, -0.15) is 0 Å². The number of carboxylic acid groups (broad SMARTS) is 1. The normalized spacial score (nSPS) is 16.6. The van der Waals surface area contributed by atoms with E-state index in [2.05, 4.69) is 44.8 Å². The number of carbonyl (C=O) groups excluding carboxylic acids is 3. The summed E-state index contributed by atoms with van der Waals surface area (Å²) in [5.41, 5.74) is 6.84. The Kier molecular flexibility index (Phi) is 10.0. The summed E-state index contributed by atoms with van der Waals surface area (Å²) >= 11 is 0. The van der Waals surface area contributed by atoms with Crippen LogP contribution in [0, 0.1) is 0 Å². The fourth-order valence-electron chi connectivity index (χ4n) is 9.22. The number of aromatic carboxylic acids is 1. The van der Waals surface area contributed by atoms with E-state index in [1.54, 1.807) is 35.9 Å². The Morgan fingerprint density at radius 1 is 0.875 bits per heavy atom. The Hall–Kier alpha value is -5.68. The van der Waals surface area contributed by atoms with E-state index in [0.717, 1.165) is 65.5 Å². The van der Waals surface area contributed by atoms with Gasteiger partial charge in [0.25, 0.3) is 5.91 Å². The van der Waals surface area contributed by atoms with Crippen LogP contribution in [0.4, 0.5) is 5.69 Å². The lowest BCUT2D eigenvalue weighted by Crippen LogP contribution is -2.55. The predicted octanol–water partition coefficient (Wildman–Crippen LogP) is 7.30. The molecular formula is C45H50N6O5. The van der Waals surface area contributed by atoms with Crippen LogP contribution < -0.4 is 16.0 Å². The highest BCUT2D eigenvalue weighted by atomic mass is 16.4. The average Bonchev–Trinajstić information content (AvgIpc) is 3.86. The van der Waals surface area contributed by atoms with E-state index in [1.807, 2.05) is 43.3 Å². The van der Waals surface area contributed by atoms with Gasteiger partial charge in [0, 0.05) is 64.3 Å². The largest absolute Gasteiger partial charge is 0.477 e. The Labute approximate surface area is 326 Å². The van der Waals surface area contributed by atoms with E-state index >= 15 is 0 Å². The molecule has 2 aromatic heterocycles. The molecule has 2 saturated carbocycles. The molecule has 0 bridgehead atoms. The number of aromatic nitrogens is 2. The highest BCUT2D eigenvalue weighted by molar-refractivity contribution is 6.07. The number of benzene rings is 3. The number of fused-ring (bicyclic) bond motifs is 6. The SMILES string of the molecule is CN(C)CCNC(=O)C1=Cc2ccccc2-c2c(C3CCCCC3)c3ccc(C(=O)NC4(C(=O)Nc5ccc6c(c5)cc(C(=O)O)n6C)CCCC4)cc3n2C1. The van der Waals surface area contributed by atoms with E-state index in [9.17, 15) is 24.3 Å². The van der Waals surface area contributed by atoms with Crippen molar-refractivity contribution in [2.45, 2.75) is 75.8 Å². The Balaban J connectivity index is 1.14. The van der Waals surface area contributed by atoms with Gasteiger partial charge in [-0.15, -0.1) is 0 Å². The first-order valence-corrected chi connectivity index (χ1v) is 19.9. The first kappa shape index (κ1) is 37.3. The number of nitrogens with zero attached hydrogens (tertiary/aromatic N) is 3. The lowest BCUT2D eigenvalue weighted by atomic mass is 9.81. The maximum absolute atomic E-state index is 14.3. The van der Waals surface area contributed by atoms with Crippen LogP contribution in [-0.2, 0) is 23.2 Å². The van der Waals surface area contributed by atoms with Crippen molar-refractivity contribution >= 4 is 57.3 Å². The molecule has 8 rings (SSSR count). The third-order valence-electron chi connectivity index (χ3n) is 12.2. The molecule has 0 unspecified atom stereocenters. The van der Waals surface area contributed by atoms with Gasteiger partial charge >= 0.3 is 5.97 Å². The standard InChI is InChI=1S/C45H50N6O5/c1-49(2)22-21-46-41(52)32-23-29-13-7-8-14-34(29)40-39(28-11-5-4-6-12-28)35-17-15-30(25-37(35)51(40)27-32)42(53)48-45(19-9-10-20-45)44(56)47-33-16-18-36-31(24-33)26-38(43(54)55)50(36)3/h7-8,13-18,23-26,28H,4-6,9-12,19-22,27H2,1-3H3,(H,46,52)(H,47,56)(H,48,53)(H,54,55). The third-order valence-corrected chi connectivity index (χ3v) is 12.2. The first-order chi connectivity index (χ1) is 27.0. The number of likely N-dealkylation sites (N-methyl/N-ethyl adjacent to an activating group) is 1. The maximum Gasteiger partial charge on any atom is 0.352 e. The van der Waals surface area contributed by atoms with Crippen molar-refractivity contribution in [1.29, 1.82) is 0 Å².